The van der Waals surface area contributed by atoms with Gasteiger partial charge in [0.05, 0.1) is 11.2 Å². The summed E-state index contributed by atoms with van der Waals surface area (Å²) in [5, 5.41) is 5.15. The third-order valence-corrected chi connectivity index (χ3v) is 2.94. The molecule has 0 bridgehead atoms. The SMILES string of the molecule is CN(C)c1nc(NN)nc(NCCc2cscn2)n1. The van der Waals surface area contributed by atoms with Gasteiger partial charge in [0.15, 0.2) is 0 Å². The summed E-state index contributed by atoms with van der Waals surface area (Å²) in [7, 11) is 3.71. The van der Waals surface area contributed by atoms with Crippen LogP contribution >= 0.6 is 11.3 Å². The molecule has 0 spiro atoms. The van der Waals surface area contributed by atoms with Gasteiger partial charge in [-0.15, -0.1) is 11.3 Å². The van der Waals surface area contributed by atoms with Gasteiger partial charge >= 0.3 is 0 Å². The Labute approximate surface area is 115 Å². The molecular formula is C10H16N8S. The van der Waals surface area contributed by atoms with E-state index in [-0.39, 0.29) is 0 Å². The number of nitrogen functional groups attached to an aromatic ring is 1. The summed E-state index contributed by atoms with van der Waals surface area (Å²) in [6.07, 6.45) is 0.817. The molecule has 0 saturated carbocycles. The summed E-state index contributed by atoms with van der Waals surface area (Å²) in [5.74, 6) is 6.69. The maximum atomic E-state index is 5.34. The number of nitrogens with zero attached hydrogens (tertiary/aromatic N) is 5. The van der Waals surface area contributed by atoms with Crippen molar-refractivity contribution in [2.45, 2.75) is 6.42 Å². The van der Waals surface area contributed by atoms with E-state index in [1.165, 1.54) is 0 Å². The van der Waals surface area contributed by atoms with Gasteiger partial charge in [0.2, 0.25) is 17.8 Å². The second-order valence-corrected chi connectivity index (χ2v) is 4.70. The van der Waals surface area contributed by atoms with E-state index in [1.807, 2.05) is 25.0 Å². The van der Waals surface area contributed by atoms with Crippen molar-refractivity contribution >= 4 is 29.2 Å². The van der Waals surface area contributed by atoms with Crippen molar-refractivity contribution in [2.24, 2.45) is 5.84 Å². The Morgan fingerprint density at radius 3 is 2.68 bits per heavy atom. The summed E-state index contributed by atoms with van der Waals surface area (Å²) in [6.45, 7) is 0.699. The molecule has 2 heterocycles. The van der Waals surface area contributed by atoms with Gasteiger partial charge in [0.25, 0.3) is 0 Å². The highest BCUT2D eigenvalue weighted by atomic mass is 32.1. The number of rotatable bonds is 6. The Morgan fingerprint density at radius 2 is 2.05 bits per heavy atom. The number of hydrogen-bond acceptors (Lipinski definition) is 9. The normalized spacial score (nSPS) is 10.3. The fourth-order valence-corrected chi connectivity index (χ4v) is 1.96. The van der Waals surface area contributed by atoms with Crippen LogP contribution in [0.25, 0.3) is 0 Å². The van der Waals surface area contributed by atoms with Crippen LogP contribution in [0, 0.1) is 0 Å². The van der Waals surface area contributed by atoms with Crippen molar-refractivity contribution in [3.8, 4) is 0 Å². The Morgan fingerprint density at radius 1 is 1.26 bits per heavy atom. The Balaban J connectivity index is 2.00. The van der Waals surface area contributed by atoms with E-state index in [4.69, 9.17) is 5.84 Å². The number of nitrogens with two attached hydrogens (primary N) is 1. The molecule has 2 rings (SSSR count). The van der Waals surface area contributed by atoms with Gasteiger partial charge in [-0.05, 0) is 0 Å². The Hall–Kier alpha value is -2.00. The zero-order chi connectivity index (χ0) is 13.7. The minimum absolute atomic E-state index is 0.329. The summed E-state index contributed by atoms with van der Waals surface area (Å²) in [6, 6.07) is 0. The molecule has 0 radical (unpaired) electrons. The third kappa shape index (κ3) is 3.73. The average Bonchev–Trinajstić information content (AvgIpc) is 2.91. The second-order valence-electron chi connectivity index (χ2n) is 3.98. The van der Waals surface area contributed by atoms with Crippen molar-refractivity contribution < 1.29 is 0 Å². The first-order chi connectivity index (χ1) is 9.19. The topological polar surface area (TPSA) is 105 Å². The van der Waals surface area contributed by atoms with E-state index < -0.39 is 0 Å². The van der Waals surface area contributed by atoms with Crippen LogP contribution in [0.5, 0.6) is 0 Å². The number of nitrogens with one attached hydrogen (secondary N) is 2. The minimum atomic E-state index is 0.329. The fourth-order valence-electron chi connectivity index (χ4n) is 1.37. The Bertz CT molecular complexity index is 512. The predicted octanol–water partition coefficient (Wildman–Crippen LogP) is 0.334. The zero-order valence-electron chi connectivity index (χ0n) is 10.8. The molecule has 0 atom stereocenters. The molecule has 8 nitrogen and oxygen atoms in total. The van der Waals surface area contributed by atoms with Crippen LogP contribution in [0.1, 0.15) is 5.69 Å². The van der Waals surface area contributed by atoms with Crippen molar-refractivity contribution in [2.75, 3.05) is 36.3 Å². The number of aromatic nitrogens is 4. The zero-order valence-corrected chi connectivity index (χ0v) is 11.6. The maximum absolute atomic E-state index is 5.34. The van der Waals surface area contributed by atoms with Crippen LogP contribution in [-0.4, -0.2) is 40.6 Å². The number of thiazole rings is 1. The van der Waals surface area contributed by atoms with Crippen LogP contribution in [0.3, 0.4) is 0 Å². The molecule has 0 amide bonds. The van der Waals surface area contributed by atoms with Crippen LogP contribution in [0.4, 0.5) is 17.8 Å². The van der Waals surface area contributed by atoms with Gasteiger partial charge in [-0.25, -0.2) is 10.8 Å². The molecule has 9 heteroatoms. The standard InChI is InChI=1S/C10H16N8S/c1-18(2)10-15-8(14-9(16-10)17-11)12-4-3-7-5-19-6-13-7/h5-6H,3-4,11H2,1-2H3,(H2,12,14,15,16,17). The summed E-state index contributed by atoms with van der Waals surface area (Å²) < 4.78 is 0. The van der Waals surface area contributed by atoms with Crippen LogP contribution < -0.4 is 21.5 Å². The molecule has 0 saturated heterocycles. The maximum Gasteiger partial charge on any atom is 0.243 e. The van der Waals surface area contributed by atoms with Gasteiger partial charge in [-0.2, -0.15) is 15.0 Å². The quantitative estimate of drug-likeness (QED) is 0.514. The van der Waals surface area contributed by atoms with Crippen molar-refractivity contribution in [3.63, 3.8) is 0 Å². The molecule has 19 heavy (non-hydrogen) atoms. The molecule has 0 unspecified atom stereocenters. The molecule has 2 aromatic rings. The largest absolute Gasteiger partial charge is 0.354 e. The molecular weight excluding hydrogens is 264 g/mol. The van der Waals surface area contributed by atoms with Gasteiger partial charge in [-0.3, -0.25) is 5.43 Å². The predicted molar refractivity (Wildman–Crippen MR) is 76.3 cm³/mol. The van der Waals surface area contributed by atoms with Gasteiger partial charge in [0.1, 0.15) is 0 Å². The first-order valence-corrected chi connectivity index (χ1v) is 6.64. The molecule has 0 aliphatic carbocycles. The number of hydrogen-bond donors (Lipinski definition) is 3. The molecule has 4 N–H and O–H groups in total. The fraction of sp³-hybridized carbons (Fsp3) is 0.400. The minimum Gasteiger partial charge on any atom is -0.354 e. The number of hydrazine groups is 1. The lowest BCUT2D eigenvalue weighted by Gasteiger charge is -2.12. The van der Waals surface area contributed by atoms with E-state index in [0.717, 1.165) is 12.1 Å². The van der Waals surface area contributed by atoms with Crippen molar-refractivity contribution in [1.29, 1.82) is 0 Å². The molecule has 2 aromatic heterocycles. The smallest absolute Gasteiger partial charge is 0.243 e. The highest BCUT2D eigenvalue weighted by molar-refractivity contribution is 7.07. The van der Waals surface area contributed by atoms with Crippen molar-refractivity contribution in [3.05, 3.63) is 16.6 Å². The highest BCUT2D eigenvalue weighted by Crippen LogP contribution is 2.10. The lowest BCUT2D eigenvalue weighted by atomic mass is 10.3. The first-order valence-electron chi connectivity index (χ1n) is 5.70. The lowest BCUT2D eigenvalue weighted by Crippen LogP contribution is -2.19. The van der Waals surface area contributed by atoms with Gasteiger partial charge in [-0.1, -0.05) is 0 Å². The first kappa shape index (κ1) is 13.4. The summed E-state index contributed by atoms with van der Waals surface area (Å²) in [4.78, 5) is 18.5. The Kier molecular flexibility index (Phi) is 4.42. The summed E-state index contributed by atoms with van der Waals surface area (Å²) >= 11 is 1.58. The van der Waals surface area contributed by atoms with Gasteiger partial charge in [0, 0.05) is 32.4 Å². The van der Waals surface area contributed by atoms with Crippen LogP contribution in [-0.2, 0) is 6.42 Å². The average molecular weight is 280 g/mol. The lowest BCUT2D eigenvalue weighted by molar-refractivity contribution is 0.917. The molecule has 0 aromatic carbocycles. The monoisotopic (exact) mass is 280 g/mol. The highest BCUT2D eigenvalue weighted by Gasteiger charge is 2.07. The van der Waals surface area contributed by atoms with Gasteiger partial charge < -0.3 is 10.2 Å². The molecule has 0 aliphatic heterocycles. The summed E-state index contributed by atoms with van der Waals surface area (Å²) in [5.41, 5.74) is 5.30. The van der Waals surface area contributed by atoms with E-state index in [1.54, 1.807) is 16.2 Å². The van der Waals surface area contributed by atoms with E-state index in [0.29, 0.717) is 24.4 Å². The van der Waals surface area contributed by atoms with Crippen LogP contribution in [0.2, 0.25) is 0 Å². The third-order valence-electron chi connectivity index (χ3n) is 2.30. The van der Waals surface area contributed by atoms with Crippen LogP contribution in [0.15, 0.2) is 10.9 Å². The van der Waals surface area contributed by atoms with E-state index >= 15 is 0 Å². The molecule has 102 valence electrons. The number of anilines is 3. The second kappa shape index (κ2) is 6.25. The van der Waals surface area contributed by atoms with E-state index in [2.05, 4.69) is 30.7 Å². The molecule has 0 fully saturated rings. The van der Waals surface area contributed by atoms with E-state index in [9.17, 15) is 0 Å². The van der Waals surface area contributed by atoms with Crippen molar-refractivity contribution in [1.82, 2.24) is 19.9 Å². The molecule has 0 aliphatic rings.